The van der Waals surface area contributed by atoms with Gasteiger partial charge in [0, 0.05) is 59.1 Å². The third-order valence-corrected chi connectivity index (χ3v) is 6.27. The van der Waals surface area contributed by atoms with Crippen LogP contribution in [-0.4, -0.2) is 72.8 Å². The number of nitrogens with zero attached hydrogens (tertiary/aromatic N) is 5. The molecule has 0 aliphatic carbocycles. The van der Waals surface area contributed by atoms with Crippen molar-refractivity contribution < 1.29 is 8.42 Å². The lowest BCUT2D eigenvalue weighted by atomic mass is 10.1. The number of hydrogen-bond donors (Lipinski definition) is 1. The molecule has 1 fully saturated rings. The van der Waals surface area contributed by atoms with Crippen molar-refractivity contribution >= 4 is 16.0 Å². The third-order valence-electron chi connectivity index (χ3n) is 4.31. The molecule has 2 heterocycles. The zero-order valence-corrected chi connectivity index (χ0v) is 16.7. The predicted molar refractivity (Wildman–Crippen MR) is 100 cm³/mol. The Morgan fingerprint density at radius 2 is 2.20 bits per heavy atom. The van der Waals surface area contributed by atoms with E-state index in [4.69, 9.17) is 0 Å². The predicted octanol–water partition coefficient (Wildman–Crippen LogP) is 0.586. The third kappa shape index (κ3) is 4.94. The van der Waals surface area contributed by atoms with E-state index in [2.05, 4.69) is 29.3 Å². The molecule has 1 aromatic rings. The quantitative estimate of drug-likeness (QED) is 0.585. The molecule has 1 aromatic heterocycles. The summed E-state index contributed by atoms with van der Waals surface area (Å²) in [5.74, 6) is 1.37. The highest BCUT2D eigenvalue weighted by atomic mass is 32.2. The number of sulfonamides is 1. The summed E-state index contributed by atoms with van der Waals surface area (Å²) in [7, 11) is 2.59. The zero-order valence-electron chi connectivity index (χ0n) is 15.9. The van der Waals surface area contributed by atoms with Crippen LogP contribution in [0.15, 0.2) is 11.2 Å². The van der Waals surface area contributed by atoms with Crippen molar-refractivity contribution in [2.24, 2.45) is 12.0 Å². The van der Waals surface area contributed by atoms with Crippen molar-refractivity contribution in [3.8, 4) is 0 Å². The highest BCUT2D eigenvalue weighted by Crippen LogP contribution is 2.18. The van der Waals surface area contributed by atoms with Gasteiger partial charge in [0.25, 0.3) is 0 Å². The minimum absolute atomic E-state index is 0.264. The minimum Gasteiger partial charge on any atom is -0.355 e. The van der Waals surface area contributed by atoms with Gasteiger partial charge < -0.3 is 10.2 Å². The first kappa shape index (κ1) is 19.7. The van der Waals surface area contributed by atoms with Crippen molar-refractivity contribution in [1.82, 2.24) is 24.3 Å². The standard InChI is InChI=1S/C16H30N6O2S/c1-13(2)15-14(12-21(5)19-15)11-20(4)16(17-3)18-7-9-22-8-6-10-25(22,23)24/h12-13H,6-11H2,1-5H3,(H,17,18). The van der Waals surface area contributed by atoms with Crippen LogP contribution in [0.4, 0.5) is 0 Å². The monoisotopic (exact) mass is 370 g/mol. The van der Waals surface area contributed by atoms with Gasteiger partial charge in [-0.2, -0.15) is 5.10 Å². The van der Waals surface area contributed by atoms with E-state index in [1.54, 1.807) is 11.4 Å². The maximum absolute atomic E-state index is 11.8. The summed E-state index contributed by atoms with van der Waals surface area (Å²) in [6.07, 6.45) is 2.76. The maximum atomic E-state index is 11.8. The first-order valence-corrected chi connectivity index (χ1v) is 10.3. The van der Waals surface area contributed by atoms with Gasteiger partial charge in [-0.3, -0.25) is 9.67 Å². The van der Waals surface area contributed by atoms with Crippen molar-refractivity contribution in [3.05, 3.63) is 17.5 Å². The highest BCUT2D eigenvalue weighted by molar-refractivity contribution is 7.89. The Balaban J connectivity index is 1.92. The number of rotatable bonds is 6. The molecule has 9 heteroatoms. The first-order chi connectivity index (χ1) is 11.7. The van der Waals surface area contributed by atoms with Crippen molar-refractivity contribution in [2.75, 3.05) is 39.5 Å². The van der Waals surface area contributed by atoms with Gasteiger partial charge in [0.1, 0.15) is 0 Å². The molecule has 0 aromatic carbocycles. The molecule has 1 aliphatic rings. The number of guanidine groups is 1. The molecule has 0 unspecified atom stereocenters. The summed E-state index contributed by atoms with van der Waals surface area (Å²) in [5, 5.41) is 7.79. The lowest BCUT2D eigenvalue weighted by Gasteiger charge is -2.23. The number of aliphatic imine (C=N–C) groups is 1. The summed E-state index contributed by atoms with van der Waals surface area (Å²) >= 11 is 0. The Hall–Kier alpha value is -1.61. The maximum Gasteiger partial charge on any atom is 0.214 e. The van der Waals surface area contributed by atoms with E-state index in [0.29, 0.717) is 32.1 Å². The van der Waals surface area contributed by atoms with Gasteiger partial charge in [-0.1, -0.05) is 13.8 Å². The summed E-state index contributed by atoms with van der Waals surface area (Å²) in [6.45, 7) is 6.60. The Morgan fingerprint density at radius 3 is 2.76 bits per heavy atom. The second-order valence-electron chi connectivity index (χ2n) is 6.77. The van der Waals surface area contributed by atoms with Gasteiger partial charge in [-0.05, 0) is 12.3 Å². The number of aryl methyl sites for hydroxylation is 1. The molecule has 142 valence electrons. The van der Waals surface area contributed by atoms with Gasteiger partial charge >= 0.3 is 0 Å². The molecule has 2 rings (SSSR count). The Kier molecular flexibility index (Phi) is 6.45. The van der Waals surface area contributed by atoms with Crippen molar-refractivity contribution in [1.29, 1.82) is 0 Å². The Bertz CT molecular complexity index is 710. The smallest absolute Gasteiger partial charge is 0.214 e. The highest BCUT2D eigenvalue weighted by Gasteiger charge is 2.27. The van der Waals surface area contributed by atoms with E-state index in [-0.39, 0.29) is 5.75 Å². The van der Waals surface area contributed by atoms with Crippen LogP contribution < -0.4 is 5.32 Å². The molecule has 0 bridgehead atoms. The van der Waals surface area contributed by atoms with Gasteiger partial charge in [0.05, 0.1) is 11.4 Å². The molecule has 1 aliphatic heterocycles. The molecule has 25 heavy (non-hydrogen) atoms. The Labute approximate surface area is 151 Å². The van der Waals surface area contributed by atoms with Crippen LogP contribution in [0.5, 0.6) is 0 Å². The molecule has 1 N–H and O–H groups in total. The molecule has 0 saturated carbocycles. The zero-order chi connectivity index (χ0) is 18.6. The fourth-order valence-electron chi connectivity index (χ4n) is 3.11. The minimum atomic E-state index is -3.04. The topological polar surface area (TPSA) is 82.8 Å². The largest absolute Gasteiger partial charge is 0.355 e. The average molecular weight is 371 g/mol. The molecule has 8 nitrogen and oxygen atoms in total. The molecule has 0 spiro atoms. The van der Waals surface area contributed by atoms with Crippen LogP contribution in [0.3, 0.4) is 0 Å². The van der Waals surface area contributed by atoms with Crippen LogP contribution >= 0.6 is 0 Å². The fraction of sp³-hybridized carbons (Fsp3) is 0.750. The lowest BCUT2D eigenvalue weighted by Crippen LogP contribution is -2.42. The normalized spacial score (nSPS) is 18.1. The number of hydrogen-bond acceptors (Lipinski definition) is 4. The summed E-state index contributed by atoms with van der Waals surface area (Å²) in [6, 6.07) is 0. The van der Waals surface area contributed by atoms with E-state index in [9.17, 15) is 8.42 Å². The van der Waals surface area contributed by atoms with Crippen LogP contribution in [0.25, 0.3) is 0 Å². The van der Waals surface area contributed by atoms with E-state index < -0.39 is 10.0 Å². The second kappa shape index (κ2) is 8.18. The number of nitrogens with one attached hydrogen (secondary N) is 1. The van der Waals surface area contributed by atoms with Crippen LogP contribution in [-0.2, 0) is 23.6 Å². The van der Waals surface area contributed by atoms with Gasteiger partial charge in [0.2, 0.25) is 10.0 Å². The molecule has 0 atom stereocenters. The van der Waals surface area contributed by atoms with Gasteiger partial charge in [-0.25, -0.2) is 12.7 Å². The van der Waals surface area contributed by atoms with E-state index in [1.807, 2.05) is 29.9 Å². The van der Waals surface area contributed by atoms with Crippen LogP contribution in [0.2, 0.25) is 0 Å². The number of aromatic nitrogens is 2. The SMILES string of the molecule is CN=C(NCCN1CCCS1(=O)=O)N(C)Cc1cn(C)nc1C(C)C. The molecular formula is C16H30N6O2S. The van der Waals surface area contributed by atoms with Crippen LogP contribution in [0, 0.1) is 0 Å². The van der Waals surface area contributed by atoms with E-state index in [1.165, 1.54) is 5.56 Å². The summed E-state index contributed by atoms with van der Waals surface area (Å²) in [4.78, 5) is 6.33. The second-order valence-corrected chi connectivity index (χ2v) is 8.86. The first-order valence-electron chi connectivity index (χ1n) is 8.66. The fourth-order valence-corrected chi connectivity index (χ4v) is 4.64. The average Bonchev–Trinajstić information content (AvgIpc) is 3.05. The molecule has 0 amide bonds. The van der Waals surface area contributed by atoms with E-state index >= 15 is 0 Å². The van der Waals surface area contributed by atoms with E-state index in [0.717, 1.165) is 18.1 Å². The van der Waals surface area contributed by atoms with Gasteiger partial charge in [0.15, 0.2) is 5.96 Å². The lowest BCUT2D eigenvalue weighted by molar-refractivity contribution is 0.432. The molecular weight excluding hydrogens is 340 g/mol. The van der Waals surface area contributed by atoms with Crippen LogP contribution in [0.1, 0.15) is 37.4 Å². The molecule has 1 saturated heterocycles. The van der Waals surface area contributed by atoms with Crippen molar-refractivity contribution in [3.63, 3.8) is 0 Å². The van der Waals surface area contributed by atoms with Crippen molar-refractivity contribution in [2.45, 2.75) is 32.7 Å². The Morgan fingerprint density at radius 1 is 1.48 bits per heavy atom. The summed E-state index contributed by atoms with van der Waals surface area (Å²) < 4.78 is 27.1. The molecule has 0 radical (unpaired) electrons. The summed E-state index contributed by atoms with van der Waals surface area (Å²) in [5.41, 5.74) is 2.26. The van der Waals surface area contributed by atoms with Gasteiger partial charge in [-0.15, -0.1) is 0 Å².